The van der Waals surface area contributed by atoms with E-state index in [4.69, 9.17) is 0 Å². The van der Waals surface area contributed by atoms with Gasteiger partial charge in [0.2, 0.25) is 0 Å². The van der Waals surface area contributed by atoms with E-state index in [-0.39, 0.29) is 0 Å². The lowest BCUT2D eigenvalue weighted by Gasteiger charge is -2.04. The molecule has 0 amide bonds. The summed E-state index contributed by atoms with van der Waals surface area (Å²) in [6.07, 6.45) is 3.94. The average Bonchev–Trinajstić information content (AvgIpc) is 2.82. The molecule has 2 nitrogen and oxygen atoms in total. The lowest BCUT2D eigenvalue weighted by atomic mass is 10.0. The highest BCUT2D eigenvalue weighted by Crippen LogP contribution is 2.15. The van der Waals surface area contributed by atoms with Gasteiger partial charge >= 0.3 is 0 Å². The van der Waals surface area contributed by atoms with Crippen LogP contribution in [0, 0.1) is 13.8 Å². The molecule has 0 spiro atoms. The van der Waals surface area contributed by atoms with E-state index >= 15 is 0 Å². The molecular formula is C17H16N2. The highest BCUT2D eigenvalue weighted by atomic mass is 15.3. The van der Waals surface area contributed by atoms with Gasteiger partial charge < -0.3 is 0 Å². The Morgan fingerprint density at radius 2 is 1.63 bits per heavy atom. The van der Waals surface area contributed by atoms with Crippen molar-refractivity contribution >= 4 is 17.1 Å². The third kappa shape index (κ3) is 2.17. The molecule has 0 saturated carbocycles. The molecule has 19 heavy (non-hydrogen) atoms. The van der Waals surface area contributed by atoms with Crippen molar-refractivity contribution in [1.29, 1.82) is 0 Å². The molecule has 0 saturated heterocycles. The second-order valence-electron chi connectivity index (χ2n) is 4.77. The summed E-state index contributed by atoms with van der Waals surface area (Å²) in [7, 11) is 0. The molecule has 0 fully saturated rings. The molecule has 3 rings (SSSR count). The number of para-hydroxylation sites is 1. The van der Waals surface area contributed by atoms with Crippen molar-refractivity contribution in [3.63, 3.8) is 0 Å². The standard InChI is InChI=1S/C17H16N2/c1-13-6-5-7-14(2)16(13)12-18-19-11-10-15-8-3-4-9-17(15)19/h3-12H,1-2H3/b18-12+. The van der Waals surface area contributed by atoms with Gasteiger partial charge in [0, 0.05) is 17.1 Å². The van der Waals surface area contributed by atoms with Crippen LogP contribution in [0.4, 0.5) is 0 Å². The molecule has 0 bridgehead atoms. The van der Waals surface area contributed by atoms with Crippen LogP contribution in [0.3, 0.4) is 0 Å². The molecule has 2 aromatic carbocycles. The molecule has 0 radical (unpaired) electrons. The van der Waals surface area contributed by atoms with Crippen molar-refractivity contribution in [2.24, 2.45) is 5.10 Å². The molecule has 94 valence electrons. The van der Waals surface area contributed by atoms with Crippen molar-refractivity contribution in [2.45, 2.75) is 13.8 Å². The van der Waals surface area contributed by atoms with Gasteiger partial charge in [-0.2, -0.15) is 5.10 Å². The SMILES string of the molecule is Cc1cccc(C)c1/C=N/n1ccc2ccccc21. The Morgan fingerprint density at radius 3 is 2.42 bits per heavy atom. The summed E-state index contributed by atoms with van der Waals surface area (Å²) < 4.78 is 1.92. The Kier molecular flexibility index (Phi) is 2.92. The van der Waals surface area contributed by atoms with E-state index in [0.717, 1.165) is 5.52 Å². The monoisotopic (exact) mass is 248 g/mol. The summed E-state index contributed by atoms with van der Waals surface area (Å²) in [5.74, 6) is 0. The van der Waals surface area contributed by atoms with E-state index in [9.17, 15) is 0 Å². The number of aromatic nitrogens is 1. The molecule has 3 aromatic rings. The van der Waals surface area contributed by atoms with Gasteiger partial charge in [-0.3, -0.25) is 0 Å². The summed E-state index contributed by atoms with van der Waals surface area (Å²) in [6.45, 7) is 4.23. The van der Waals surface area contributed by atoms with Crippen LogP contribution >= 0.6 is 0 Å². The van der Waals surface area contributed by atoms with Gasteiger partial charge in [-0.15, -0.1) is 0 Å². The van der Waals surface area contributed by atoms with Gasteiger partial charge in [-0.05, 0) is 37.1 Å². The summed E-state index contributed by atoms with van der Waals surface area (Å²) >= 11 is 0. The van der Waals surface area contributed by atoms with Gasteiger partial charge in [-0.1, -0.05) is 36.4 Å². The number of hydrogen-bond donors (Lipinski definition) is 0. The van der Waals surface area contributed by atoms with E-state index in [1.807, 2.05) is 29.2 Å². The van der Waals surface area contributed by atoms with Crippen LogP contribution < -0.4 is 0 Å². The number of aryl methyl sites for hydroxylation is 2. The highest BCUT2D eigenvalue weighted by Gasteiger charge is 2.00. The number of rotatable bonds is 2. The van der Waals surface area contributed by atoms with Crippen LogP contribution in [0.5, 0.6) is 0 Å². The fraction of sp³-hybridized carbons (Fsp3) is 0.118. The predicted octanol–water partition coefficient (Wildman–Crippen LogP) is 4.14. The fourth-order valence-corrected chi connectivity index (χ4v) is 2.32. The van der Waals surface area contributed by atoms with Crippen molar-refractivity contribution in [1.82, 2.24) is 4.68 Å². The molecule has 0 aliphatic heterocycles. The van der Waals surface area contributed by atoms with E-state index in [0.29, 0.717) is 0 Å². The van der Waals surface area contributed by atoms with E-state index in [2.05, 4.69) is 55.3 Å². The minimum atomic E-state index is 1.13. The maximum atomic E-state index is 4.58. The topological polar surface area (TPSA) is 17.3 Å². The number of hydrogen-bond acceptors (Lipinski definition) is 1. The molecule has 2 heteroatoms. The first kappa shape index (κ1) is 11.7. The average molecular weight is 248 g/mol. The normalized spacial score (nSPS) is 11.5. The summed E-state index contributed by atoms with van der Waals surface area (Å²) in [4.78, 5) is 0. The smallest absolute Gasteiger partial charge is 0.0718 e. The van der Waals surface area contributed by atoms with Gasteiger partial charge in [0.15, 0.2) is 0 Å². The number of benzene rings is 2. The molecule has 0 atom stereocenters. The summed E-state index contributed by atoms with van der Waals surface area (Å²) in [5, 5.41) is 5.79. The zero-order valence-electron chi connectivity index (χ0n) is 11.2. The van der Waals surface area contributed by atoms with E-state index < -0.39 is 0 Å². The Balaban J connectivity index is 2.03. The Labute approximate surface area is 113 Å². The molecule has 1 heterocycles. The number of nitrogens with zero attached hydrogens (tertiary/aromatic N) is 2. The molecule has 0 N–H and O–H groups in total. The van der Waals surface area contributed by atoms with Crippen LogP contribution in [-0.4, -0.2) is 10.9 Å². The van der Waals surface area contributed by atoms with Gasteiger partial charge in [0.1, 0.15) is 0 Å². The Hall–Kier alpha value is -2.35. The summed E-state index contributed by atoms with van der Waals surface area (Å²) in [5.41, 5.74) is 4.82. The van der Waals surface area contributed by atoms with E-state index in [1.54, 1.807) is 0 Å². The van der Waals surface area contributed by atoms with Crippen molar-refractivity contribution < 1.29 is 0 Å². The minimum absolute atomic E-state index is 1.13. The van der Waals surface area contributed by atoms with Gasteiger partial charge in [-0.25, -0.2) is 4.68 Å². The van der Waals surface area contributed by atoms with Gasteiger partial charge in [0.05, 0.1) is 11.7 Å². The fourth-order valence-electron chi connectivity index (χ4n) is 2.32. The second-order valence-corrected chi connectivity index (χ2v) is 4.77. The zero-order chi connectivity index (χ0) is 13.2. The molecule has 0 aliphatic rings. The number of fused-ring (bicyclic) bond motifs is 1. The highest BCUT2D eigenvalue weighted by molar-refractivity contribution is 5.85. The summed E-state index contributed by atoms with van der Waals surface area (Å²) in [6, 6.07) is 16.6. The van der Waals surface area contributed by atoms with Crippen molar-refractivity contribution in [3.8, 4) is 0 Å². The maximum Gasteiger partial charge on any atom is 0.0718 e. The molecule has 1 aromatic heterocycles. The van der Waals surface area contributed by atoms with Crippen LogP contribution in [-0.2, 0) is 0 Å². The third-order valence-electron chi connectivity index (χ3n) is 3.43. The van der Waals surface area contributed by atoms with Gasteiger partial charge in [0.25, 0.3) is 0 Å². The van der Waals surface area contributed by atoms with Crippen LogP contribution in [0.15, 0.2) is 59.8 Å². The first-order chi connectivity index (χ1) is 9.25. The Bertz CT molecular complexity index is 731. The zero-order valence-corrected chi connectivity index (χ0v) is 11.2. The predicted molar refractivity (Wildman–Crippen MR) is 80.8 cm³/mol. The van der Waals surface area contributed by atoms with Crippen molar-refractivity contribution in [3.05, 3.63) is 71.4 Å². The lowest BCUT2D eigenvalue weighted by molar-refractivity contribution is 0.932. The van der Waals surface area contributed by atoms with Crippen LogP contribution in [0.25, 0.3) is 10.9 Å². The molecule has 0 aliphatic carbocycles. The second kappa shape index (κ2) is 4.73. The van der Waals surface area contributed by atoms with Crippen molar-refractivity contribution in [2.75, 3.05) is 0 Å². The first-order valence-corrected chi connectivity index (χ1v) is 6.42. The van der Waals surface area contributed by atoms with Crippen LogP contribution in [0.1, 0.15) is 16.7 Å². The molecular weight excluding hydrogens is 232 g/mol. The van der Waals surface area contributed by atoms with E-state index in [1.165, 1.54) is 22.1 Å². The molecule has 0 unspecified atom stereocenters. The third-order valence-corrected chi connectivity index (χ3v) is 3.43. The largest absolute Gasteiger partial charge is 0.240 e. The lowest BCUT2D eigenvalue weighted by Crippen LogP contribution is -1.94. The van der Waals surface area contributed by atoms with Crippen LogP contribution in [0.2, 0.25) is 0 Å². The minimum Gasteiger partial charge on any atom is -0.240 e. The maximum absolute atomic E-state index is 4.58. The quantitative estimate of drug-likeness (QED) is 0.606. The Morgan fingerprint density at radius 1 is 0.895 bits per heavy atom. The first-order valence-electron chi connectivity index (χ1n) is 6.42.